The van der Waals surface area contributed by atoms with E-state index in [1.165, 1.54) is 6.07 Å². The second kappa shape index (κ2) is 4.51. The number of alkyl halides is 3. The van der Waals surface area contributed by atoms with Crippen LogP contribution in [0.4, 0.5) is 13.2 Å². The molecule has 1 aliphatic heterocycles. The molecule has 0 aliphatic carbocycles. The molecule has 0 fully saturated rings. The van der Waals surface area contributed by atoms with Crippen LogP contribution in [0.1, 0.15) is 23.6 Å². The van der Waals surface area contributed by atoms with E-state index in [4.69, 9.17) is 10.5 Å². The molecule has 0 saturated heterocycles. The fourth-order valence-electron chi connectivity index (χ4n) is 1.60. The largest absolute Gasteiger partial charge is 0.493 e. The number of rotatable bonds is 0. The van der Waals surface area contributed by atoms with Gasteiger partial charge in [0.15, 0.2) is 0 Å². The molecule has 1 aromatic rings. The molecule has 0 saturated carbocycles. The van der Waals surface area contributed by atoms with E-state index in [9.17, 15) is 13.2 Å². The van der Waals surface area contributed by atoms with Gasteiger partial charge in [-0.25, -0.2) is 0 Å². The van der Waals surface area contributed by atoms with E-state index in [1.807, 2.05) is 0 Å². The fourth-order valence-corrected chi connectivity index (χ4v) is 1.60. The molecule has 1 aromatic carbocycles. The van der Waals surface area contributed by atoms with E-state index in [1.54, 1.807) is 0 Å². The lowest BCUT2D eigenvalue weighted by molar-refractivity contribution is -0.137. The fraction of sp³-hybridized carbons (Fsp3) is 0.400. The summed E-state index contributed by atoms with van der Waals surface area (Å²) in [5.41, 5.74) is 5.47. The Kier molecular flexibility index (Phi) is 3.70. The van der Waals surface area contributed by atoms with E-state index in [2.05, 4.69) is 0 Å². The molecule has 1 heterocycles. The summed E-state index contributed by atoms with van der Waals surface area (Å²) in [6.07, 6.45) is -3.78. The van der Waals surface area contributed by atoms with E-state index in [0.717, 1.165) is 12.1 Å². The number of halogens is 4. The smallest absolute Gasteiger partial charge is 0.416 e. The minimum atomic E-state index is -4.33. The third-order valence-electron chi connectivity index (χ3n) is 2.42. The third kappa shape index (κ3) is 2.41. The summed E-state index contributed by atoms with van der Waals surface area (Å²) in [6, 6.07) is 3.05. The molecule has 16 heavy (non-hydrogen) atoms. The number of benzene rings is 1. The predicted molar refractivity (Wildman–Crippen MR) is 55.7 cm³/mol. The molecule has 1 atom stereocenters. The standard InChI is InChI=1S/C10H10F3NO.ClH/c11-10(12,13)6-1-2-9-7(5-6)8(14)3-4-15-9;/h1-2,5,8H,3-4,14H2;1H/t8-;/m1./s1. The van der Waals surface area contributed by atoms with Crippen molar-refractivity contribution in [1.29, 1.82) is 0 Å². The third-order valence-corrected chi connectivity index (χ3v) is 2.42. The van der Waals surface area contributed by atoms with Gasteiger partial charge >= 0.3 is 6.18 Å². The number of fused-ring (bicyclic) bond motifs is 1. The topological polar surface area (TPSA) is 35.2 Å². The first-order chi connectivity index (χ1) is 6.98. The van der Waals surface area contributed by atoms with Crippen molar-refractivity contribution in [3.8, 4) is 5.75 Å². The van der Waals surface area contributed by atoms with Gasteiger partial charge in [0, 0.05) is 18.0 Å². The summed E-state index contributed by atoms with van der Waals surface area (Å²) in [5, 5.41) is 0. The van der Waals surface area contributed by atoms with Crippen LogP contribution in [0.5, 0.6) is 5.75 Å². The SMILES string of the molecule is Cl.N[C@@H]1CCOc2ccc(C(F)(F)F)cc21. The minimum absolute atomic E-state index is 0. The van der Waals surface area contributed by atoms with Gasteiger partial charge in [0.1, 0.15) is 5.75 Å². The summed E-state index contributed by atoms with van der Waals surface area (Å²) in [4.78, 5) is 0. The van der Waals surface area contributed by atoms with Gasteiger partial charge in [-0.2, -0.15) is 13.2 Å². The monoisotopic (exact) mass is 253 g/mol. The second-order valence-electron chi connectivity index (χ2n) is 3.49. The van der Waals surface area contributed by atoms with Crippen molar-refractivity contribution in [1.82, 2.24) is 0 Å². The lowest BCUT2D eigenvalue weighted by Gasteiger charge is -2.23. The van der Waals surface area contributed by atoms with Gasteiger partial charge in [-0.05, 0) is 18.2 Å². The Hall–Kier alpha value is -0.940. The zero-order valence-corrected chi connectivity index (χ0v) is 9.07. The molecule has 0 unspecified atom stereocenters. The summed E-state index contributed by atoms with van der Waals surface area (Å²) in [6.45, 7) is 0.458. The van der Waals surface area contributed by atoms with Gasteiger partial charge in [-0.3, -0.25) is 0 Å². The Bertz CT molecular complexity index is 381. The quantitative estimate of drug-likeness (QED) is 0.772. The Morgan fingerprint density at radius 3 is 2.62 bits per heavy atom. The van der Waals surface area contributed by atoms with Crippen LogP contribution in [-0.4, -0.2) is 6.61 Å². The first-order valence-electron chi connectivity index (χ1n) is 4.58. The van der Waals surface area contributed by atoms with Crippen LogP contribution in [-0.2, 0) is 6.18 Å². The highest BCUT2D eigenvalue weighted by Crippen LogP contribution is 2.36. The Labute approximate surface area is 97.0 Å². The van der Waals surface area contributed by atoms with Crippen LogP contribution in [0.3, 0.4) is 0 Å². The highest BCUT2D eigenvalue weighted by molar-refractivity contribution is 5.85. The Morgan fingerprint density at radius 1 is 1.31 bits per heavy atom. The van der Waals surface area contributed by atoms with Gasteiger partial charge in [0.05, 0.1) is 12.2 Å². The van der Waals surface area contributed by atoms with Crippen LogP contribution < -0.4 is 10.5 Å². The molecule has 2 rings (SSSR count). The van der Waals surface area contributed by atoms with E-state index in [-0.39, 0.29) is 18.4 Å². The van der Waals surface area contributed by atoms with Gasteiger partial charge < -0.3 is 10.5 Å². The molecule has 0 aromatic heterocycles. The summed E-state index contributed by atoms with van der Waals surface area (Å²) in [5.74, 6) is 0.460. The van der Waals surface area contributed by atoms with Crippen molar-refractivity contribution < 1.29 is 17.9 Å². The van der Waals surface area contributed by atoms with Crippen LogP contribution in [0.15, 0.2) is 18.2 Å². The van der Waals surface area contributed by atoms with E-state index < -0.39 is 11.7 Å². The molecule has 90 valence electrons. The molecule has 2 nitrogen and oxygen atoms in total. The summed E-state index contributed by atoms with van der Waals surface area (Å²) >= 11 is 0. The molecular weight excluding hydrogens is 243 g/mol. The first kappa shape index (κ1) is 13.1. The predicted octanol–water partition coefficient (Wildman–Crippen LogP) is 2.91. The van der Waals surface area contributed by atoms with Crippen molar-refractivity contribution >= 4 is 12.4 Å². The maximum atomic E-state index is 12.4. The Morgan fingerprint density at radius 2 is 2.00 bits per heavy atom. The maximum Gasteiger partial charge on any atom is 0.416 e. The van der Waals surface area contributed by atoms with Gasteiger partial charge in [0.25, 0.3) is 0 Å². The molecule has 1 aliphatic rings. The maximum absolute atomic E-state index is 12.4. The van der Waals surface area contributed by atoms with Crippen LogP contribution >= 0.6 is 12.4 Å². The average Bonchev–Trinajstić information content (AvgIpc) is 2.16. The summed E-state index contributed by atoms with van der Waals surface area (Å²) < 4.78 is 42.4. The number of hydrogen-bond acceptors (Lipinski definition) is 2. The van der Waals surface area contributed by atoms with E-state index >= 15 is 0 Å². The molecule has 6 heteroatoms. The molecule has 0 amide bonds. The summed E-state index contributed by atoms with van der Waals surface area (Å²) in [7, 11) is 0. The van der Waals surface area contributed by atoms with Crippen LogP contribution in [0.25, 0.3) is 0 Å². The lowest BCUT2D eigenvalue weighted by atomic mass is 9.99. The van der Waals surface area contributed by atoms with E-state index in [0.29, 0.717) is 24.3 Å². The minimum Gasteiger partial charge on any atom is -0.493 e. The van der Waals surface area contributed by atoms with Crippen LogP contribution in [0.2, 0.25) is 0 Å². The van der Waals surface area contributed by atoms with Crippen molar-refractivity contribution in [3.05, 3.63) is 29.3 Å². The lowest BCUT2D eigenvalue weighted by Crippen LogP contribution is -2.21. The normalized spacial score (nSPS) is 19.4. The number of hydrogen-bond donors (Lipinski definition) is 1. The van der Waals surface area contributed by atoms with Crippen molar-refractivity contribution in [2.24, 2.45) is 5.73 Å². The second-order valence-corrected chi connectivity index (χ2v) is 3.49. The van der Waals surface area contributed by atoms with Gasteiger partial charge in [-0.1, -0.05) is 0 Å². The highest BCUT2D eigenvalue weighted by atomic mass is 35.5. The average molecular weight is 254 g/mol. The zero-order valence-electron chi connectivity index (χ0n) is 8.25. The molecule has 2 N–H and O–H groups in total. The number of ether oxygens (including phenoxy) is 1. The highest BCUT2D eigenvalue weighted by Gasteiger charge is 2.32. The molecule has 0 bridgehead atoms. The van der Waals surface area contributed by atoms with Gasteiger partial charge in [-0.15, -0.1) is 12.4 Å². The zero-order chi connectivity index (χ0) is 11.1. The molecule has 0 radical (unpaired) electrons. The number of nitrogens with two attached hydrogens (primary N) is 1. The van der Waals surface area contributed by atoms with Crippen molar-refractivity contribution in [2.75, 3.05) is 6.61 Å². The van der Waals surface area contributed by atoms with Crippen LogP contribution in [0, 0.1) is 0 Å². The van der Waals surface area contributed by atoms with Gasteiger partial charge in [0.2, 0.25) is 0 Å². The first-order valence-corrected chi connectivity index (χ1v) is 4.58. The molecule has 0 spiro atoms. The molecular formula is C10H11ClF3NO. The van der Waals surface area contributed by atoms with Crippen molar-refractivity contribution in [2.45, 2.75) is 18.6 Å². The Balaban J connectivity index is 0.00000128. The van der Waals surface area contributed by atoms with Crippen molar-refractivity contribution in [3.63, 3.8) is 0 Å².